The summed E-state index contributed by atoms with van der Waals surface area (Å²) in [5.74, 6) is -1.91. The summed E-state index contributed by atoms with van der Waals surface area (Å²) in [7, 11) is 1.69. The molecule has 0 aliphatic carbocycles. The fourth-order valence-corrected chi connectivity index (χ4v) is 3.51. The Morgan fingerprint density at radius 1 is 1.06 bits per heavy atom. The highest BCUT2D eigenvalue weighted by atomic mass is 35.5. The van der Waals surface area contributed by atoms with Crippen LogP contribution in [0.2, 0.25) is 5.02 Å². The maximum atomic E-state index is 14.6. The van der Waals surface area contributed by atoms with Gasteiger partial charge in [0.1, 0.15) is 12.1 Å². The van der Waals surface area contributed by atoms with E-state index in [0.717, 1.165) is 11.1 Å². The summed E-state index contributed by atoms with van der Waals surface area (Å²) in [5, 5.41) is 0.529. The molecule has 2 aromatic heterocycles. The van der Waals surface area contributed by atoms with Crippen LogP contribution in [0.1, 0.15) is 22.3 Å². The number of hydrogen-bond donors (Lipinski definition) is 0. The Kier molecular flexibility index (Phi) is 7.36. The van der Waals surface area contributed by atoms with Gasteiger partial charge in [-0.25, -0.2) is 18.7 Å². The van der Waals surface area contributed by atoms with Gasteiger partial charge in [-0.1, -0.05) is 11.6 Å². The van der Waals surface area contributed by atoms with Crippen LogP contribution in [0.15, 0.2) is 60.0 Å². The average molecular weight is 499 g/mol. The van der Waals surface area contributed by atoms with Gasteiger partial charge in [0.15, 0.2) is 17.4 Å². The van der Waals surface area contributed by atoms with Crippen LogP contribution in [0.4, 0.5) is 8.78 Å². The molecule has 0 saturated heterocycles. The molecule has 35 heavy (non-hydrogen) atoms. The molecular weight excluding hydrogens is 478 g/mol. The Morgan fingerprint density at radius 3 is 2.46 bits per heavy atom. The fraction of sp³-hybridized carbons (Fsp3) is 0.200. The van der Waals surface area contributed by atoms with Crippen molar-refractivity contribution in [3.8, 4) is 17.5 Å². The second-order valence-electron chi connectivity index (χ2n) is 7.89. The molecule has 2 aromatic carbocycles. The van der Waals surface area contributed by atoms with Crippen molar-refractivity contribution < 1.29 is 18.3 Å². The zero-order valence-corrected chi connectivity index (χ0v) is 19.7. The van der Waals surface area contributed by atoms with Crippen LogP contribution in [0.3, 0.4) is 0 Å². The summed E-state index contributed by atoms with van der Waals surface area (Å²) in [6, 6.07) is 7.19. The van der Waals surface area contributed by atoms with Crippen molar-refractivity contribution in [3.63, 3.8) is 0 Å². The highest BCUT2D eigenvalue weighted by molar-refractivity contribution is 6.31. The molecule has 0 aliphatic heterocycles. The van der Waals surface area contributed by atoms with E-state index in [1.807, 2.05) is 0 Å². The van der Waals surface area contributed by atoms with Crippen molar-refractivity contribution in [1.82, 2.24) is 19.5 Å². The molecular formula is C25H21ClF2N4O3. The number of nitrogens with zero attached hydrogens (tertiary/aromatic N) is 4. The summed E-state index contributed by atoms with van der Waals surface area (Å²) in [6.45, 7) is 1.82. The Labute approximate surface area is 205 Å². The van der Waals surface area contributed by atoms with Crippen molar-refractivity contribution in [3.05, 3.63) is 105 Å². The zero-order valence-electron chi connectivity index (χ0n) is 19.0. The van der Waals surface area contributed by atoms with E-state index in [1.165, 1.54) is 24.5 Å². The SMILES string of the molecule is Cc1cc(Oc2c(F)cc(CCOc3nc(=O)c(Cc4cncnc4)cn3C)cc2F)ccc1Cl. The molecule has 7 nitrogen and oxygen atoms in total. The standard InChI is InChI=1S/C25H21ClF2N4O3/c1-15-7-19(3-4-20(15)26)35-23-21(27)9-16(10-22(23)28)5-6-34-25-31-24(33)18(13-32(25)2)8-17-11-29-14-30-12-17/h3-4,7,9-14H,5-6,8H2,1-2H3. The van der Waals surface area contributed by atoms with Gasteiger partial charge in [0.05, 0.1) is 6.61 Å². The third-order valence-corrected chi connectivity index (χ3v) is 5.59. The van der Waals surface area contributed by atoms with Gasteiger partial charge in [-0.15, -0.1) is 0 Å². The van der Waals surface area contributed by atoms with Crippen LogP contribution in [-0.4, -0.2) is 26.1 Å². The Bertz CT molecular complexity index is 1390. The summed E-state index contributed by atoms with van der Waals surface area (Å²) < 4.78 is 41.7. The van der Waals surface area contributed by atoms with Gasteiger partial charge < -0.3 is 14.0 Å². The number of aromatic nitrogens is 4. The third kappa shape index (κ3) is 5.99. The van der Waals surface area contributed by atoms with Gasteiger partial charge in [-0.2, -0.15) is 4.98 Å². The number of rotatable bonds is 8. The Balaban J connectivity index is 1.40. The monoisotopic (exact) mass is 498 g/mol. The number of benzene rings is 2. The molecule has 10 heteroatoms. The van der Waals surface area contributed by atoms with E-state index in [-0.39, 0.29) is 24.8 Å². The predicted molar refractivity (Wildman–Crippen MR) is 126 cm³/mol. The summed E-state index contributed by atoms with van der Waals surface area (Å²) in [5.41, 5.74) is 1.90. The van der Waals surface area contributed by atoms with E-state index in [1.54, 1.807) is 49.3 Å². The lowest BCUT2D eigenvalue weighted by atomic mass is 10.1. The van der Waals surface area contributed by atoms with Crippen molar-refractivity contribution in [2.45, 2.75) is 19.8 Å². The Hall–Kier alpha value is -3.85. The minimum atomic E-state index is -0.840. The topological polar surface area (TPSA) is 79.1 Å². The number of aryl methyl sites for hydroxylation is 2. The highest BCUT2D eigenvalue weighted by Crippen LogP contribution is 2.30. The van der Waals surface area contributed by atoms with Crippen molar-refractivity contribution in [2.24, 2.45) is 7.05 Å². The van der Waals surface area contributed by atoms with Gasteiger partial charge in [0, 0.05) is 49.1 Å². The first kappa shape index (κ1) is 24.3. The van der Waals surface area contributed by atoms with Gasteiger partial charge in [0.25, 0.3) is 11.6 Å². The summed E-state index contributed by atoms with van der Waals surface area (Å²) >= 11 is 5.98. The smallest absolute Gasteiger partial charge is 0.299 e. The van der Waals surface area contributed by atoms with Gasteiger partial charge >= 0.3 is 0 Å². The molecule has 0 spiro atoms. The molecule has 0 saturated carbocycles. The Morgan fingerprint density at radius 2 is 1.77 bits per heavy atom. The molecule has 4 aromatic rings. The van der Waals surface area contributed by atoms with Crippen LogP contribution in [0.5, 0.6) is 17.5 Å². The second-order valence-corrected chi connectivity index (χ2v) is 8.30. The van der Waals surface area contributed by atoms with E-state index in [9.17, 15) is 13.6 Å². The molecule has 0 aliphatic rings. The quantitative estimate of drug-likeness (QED) is 0.347. The summed E-state index contributed by atoms with van der Waals surface area (Å²) in [6.07, 6.45) is 6.82. The van der Waals surface area contributed by atoms with Gasteiger partial charge in [-0.05, 0) is 53.9 Å². The maximum Gasteiger partial charge on any atom is 0.299 e. The molecule has 0 radical (unpaired) electrons. The molecule has 0 bridgehead atoms. The van der Waals surface area contributed by atoms with Crippen LogP contribution in [-0.2, 0) is 19.9 Å². The minimum absolute atomic E-state index is 0.0572. The van der Waals surface area contributed by atoms with E-state index >= 15 is 0 Å². The van der Waals surface area contributed by atoms with Crippen LogP contribution in [0.25, 0.3) is 0 Å². The van der Waals surface area contributed by atoms with Crippen LogP contribution in [0, 0.1) is 18.6 Å². The van der Waals surface area contributed by atoms with Gasteiger partial charge in [0.2, 0.25) is 0 Å². The van der Waals surface area contributed by atoms with E-state index < -0.39 is 22.9 Å². The van der Waals surface area contributed by atoms with Crippen molar-refractivity contribution in [2.75, 3.05) is 6.61 Å². The molecule has 0 amide bonds. The number of hydrogen-bond acceptors (Lipinski definition) is 6. The minimum Gasteiger partial charge on any atom is -0.464 e. The number of halogens is 3. The van der Waals surface area contributed by atoms with Crippen molar-refractivity contribution in [1.29, 1.82) is 0 Å². The molecule has 0 fully saturated rings. The van der Waals surface area contributed by atoms with E-state index in [2.05, 4.69) is 15.0 Å². The number of ether oxygens (including phenoxy) is 2. The lowest BCUT2D eigenvalue weighted by molar-refractivity contribution is 0.280. The molecule has 180 valence electrons. The zero-order chi connectivity index (χ0) is 24.9. The van der Waals surface area contributed by atoms with Crippen LogP contribution < -0.4 is 15.0 Å². The second kappa shape index (κ2) is 10.6. The molecule has 2 heterocycles. The predicted octanol–water partition coefficient (Wildman–Crippen LogP) is 4.81. The summed E-state index contributed by atoms with van der Waals surface area (Å²) in [4.78, 5) is 24.2. The lowest BCUT2D eigenvalue weighted by Crippen LogP contribution is -2.20. The van der Waals surface area contributed by atoms with E-state index in [0.29, 0.717) is 22.6 Å². The third-order valence-electron chi connectivity index (χ3n) is 5.16. The molecule has 0 N–H and O–H groups in total. The molecule has 0 unspecified atom stereocenters. The fourth-order valence-electron chi connectivity index (χ4n) is 3.39. The first-order valence-electron chi connectivity index (χ1n) is 10.7. The van der Waals surface area contributed by atoms with Crippen molar-refractivity contribution >= 4 is 11.6 Å². The first-order valence-corrected chi connectivity index (χ1v) is 11.0. The lowest BCUT2D eigenvalue weighted by Gasteiger charge is -2.12. The van der Waals surface area contributed by atoms with E-state index in [4.69, 9.17) is 21.1 Å². The first-order chi connectivity index (χ1) is 16.8. The largest absolute Gasteiger partial charge is 0.464 e. The van der Waals surface area contributed by atoms with Gasteiger partial charge in [-0.3, -0.25) is 4.79 Å². The highest BCUT2D eigenvalue weighted by Gasteiger charge is 2.15. The average Bonchev–Trinajstić information content (AvgIpc) is 2.82. The molecule has 4 rings (SSSR count). The molecule has 0 atom stereocenters. The maximum absolute atomic E-state index is 14.6. The normalized spacial score (nSPS) is 10.9. The van der Waals surface area contributed by atoms with Crippen LogP contribution >= 0.6 is 11.6 Å².